The number of rotatable bonds is 7. The molecule has 1 aromatic rings. The smallest absolute Gasteiger partial charge is 0.220 e. The van der Waals surface area contributed by atoms with Crippen LogP contribution in [0.25, 0.3) is 0 Å². The van der Waals surface area contributed by atoms with Crippen LogP contribution in [0.2, 0.25) is 25.7 Å². The fourth-order valence-electron chi connectivity index (χ4n) is 1.99. The van der Waals surface area contributed by atoms with Crippen LogP contribution in [0.15, 0.2) is 42.5 Å². The van der Waals surface area contributed by atoms with Crippen molar-refractivity contribution in [2.24, 2.45) is 0 Å². The standard InChI is InChI=1S/C17H26ClNOSi/c1-15(20)19(13-9-6-10-14-21(2,3)4)17(18)16-11-7-5-8-12-16/h5-8,10-12,17H,9,13-14H2,1-4H3/b10-6-. The van der Waals surface area contributed by atoms with E-state index in [4.69, 9.17) is 11.6 Å². The van der Waals surface area contributed by atoms with Crippen molar-refractivity contribution in [2.45, 2.75) is 44.5 Å². The molecule has 1 amide bonds. The zero-order valence-corrected chi connectivity index (χ0v) is 15.2. The molecule has 116 valence electrons. The maximum atomic E-state index is 11.8. The molecule has 1 atom stereocenters. The lowest BCUT2D eigenvalue weighted by molar-refractivity contribution is -0.129. The first-order valence-corrected chi connectivity index (χ1v) is 11.6. The molecule has 0 bridgehead atoms. The van der Waals surface area contributed by atoms with E-state index in [1.807, 2.05) is 30.3 Å². The summed E-state index contributed by atoms with van der Waals surface area (Å²) in [6.45, 7) is 9.28. The molecule has 0 spiro atoms. The van der Waals surface area contributed by atoms with Gasteiger partial charge in [0.2, 0.25) is 5.91 Å². The maximum Gasteiger partial charge on any atom is 0.220 e. The van der Waals surface area contributed by atoms with Gasteiger partial charge < -0.3 is 4.90 Å². The molecule has 0 aliphatic rings. The Bertz CT molecular complexity index is 467. The predicted molar refractivity (Wildman–Crippen MR) is 94.3 cm³/mol. The van der Waals surface area contributed by atoms with Gasteiger partial charge in [-0.3, -0.25) is 4.79 Å². The number of carbonyl (C=O) groups excluding carboxylic acids is 1. The number of nitrogens with zero attached hydrogens (tertiary/aromatic N) is 1. The van der Waals surface area contributed by atoms with E-state index in [9.17, 15) is 4.79 Å². The van der Waals surface area contributed by atoms with Gasteiger partial charge in [-0.15, -0.1) is 0 Å². The number of alkyl halides is 1. The highest BCUT2D eigenvalue weighted by atomic mass is 35.5. The van der Waals surface area contributed by atoms with Crippen LogP contribution in [-0.4, -0.2) is 25.4 Å². The van der Waals surface area contributed by atoms with Crippen molar-refractivity contribution in [3.63, 3.8) is 0 Å². The van der Waals surface area contributed by atoms with Crippen molar-refractivity contribution in [1.29, 1.82) is 0 Å². The minimum atomic E-state index is -1.02. The predicted octanol–water partition coefficient (Wildman–Crippen LogP) is 5.06. The van der Waals surface area contributed by atoms with E-state index in [2.05, 4.69) is 31.8 Å². The highest BCUT2D eigenvalue weighted by Gasteiger charge is 2.19. The van der Waals surface area contributed by atoms with E-state index in [-0.39, 0.29) is 5.91 Å². The van der Waals surface area contributed by atoms with Crippen molar-refractivity contribution in [1.82, 2.24) is 4.90 Å². The monoisotopic (exact) mass is 323 g/mol. The highest BCUT2D eigenvalue weighted by Crippen LogP contribution is 2.25. The summed E-state index contributed by atoms with van der Waals surface area (Å²) in [6.07, 6.45) is 5.26. The van der Waals surface area contributed by atoms with Crippen molar-refractivity contribution in [3.8, 4) is 0 Å². The van der Waals surface area contributed by atoms with Gasteiger partial charge in [-0.2, -0.15) is 0 Å². The minimum absolute atomic E-state index is 0.0115. The summed E-state index contributed by atoms with van der Waals surface area (Å²) in [6, 6.07) is 10.9. The molecule has 4 heteroatoms. The average Bonchev–Trinajstić information content (AvgIpc) is 2.41. The van der Waals surface area contributed by atoms with Crippen LogP contribution in [0.1, 0.15) is 24.4 Å². The number of halogens is 1. The summed E-state index contributed by atoms with van der Waals surface area (Å²) in [4.78, 5) is 13.5. The van der Waals surface area contributed by atoms with Gasteiger partial charge in [0.25, 0.3) is 0 Å². The van der Waals surface area contributed by atoms with E-state index in [0.717, 1.165) is 12.0 Å². The van der Waals surface area contributed by atoms with Gasteiger partial charge in [0.05, 0.1) is 0 Å². The van der Waals surface area contributed by atoms with Crippen molar-refractivity contribution >= 4 is 25.6 Å². The normalized spacial score (nSPS) is 13.4. The third-order valence-corrected chi connectivity index (χ3v) is 5.13. The molecule has 0 aliphatic carbocycles. The number of hydrogen-bond donors (Lipinski definition) is 0. The molecule has 1 aromatic carbocycles. The summed E-state index contributed by atoms with van der Waals surface area (Å²) < 4.78 is 0. The molecule has 1 rings (SSSR count). The van der Waals surface area contributed by atoms with E-state index < -0.39 is 13.6 Å². The Kier molecular flexibility index (Phi) is 7.19. The minimum Gasteiger partial charge on any atom is -0.322 e. The van der Waals surface area contributed by atoms with Gasteiger partial charge in [-0.1, -0.05) is 73.7 Å². The highest BCUT2D eigenvalue weighted by molar-refractivity contribution is 6.76. The zero-order valence-electron chi connectivity index (χ0n) is 13.5. The first kappa shape index (κ1) is 18.0. The summed E-state index contributed by atoms with van der Waals surface area (Å²) in [5.74, 6) is 0.0115. The molecular formula is C17H26ClNOSi. The molecule has 0 saturated heterocycles. The van der Waals surface area contributed by atoms with Gasteiger partial charge in [0.15, 0.2) is 0 Å². The molecule has 0 heterocycles. The van der Waals surface area contributed by atoms with Gasteiger partial charge in [-0.05, 0) is 18.0 Å². The van der Waals surface area contributed by atoms with Crippen molar-refractivity contribution in [3.05, 3.63) is 48.0 Å². The van der Waals surface area contributed by atoms with Crippen LogP contribution in [0, 0.1) is 0 Å². The quantitative estimate of drug-likeness (QED) is 0.297. The number of benzene rings is 1. The molecule has 2 nitrogen and oxygen atoms in total. The average molecular weight is 324 g/mol. The third-order valence-electron chi connectivity index (χ3n) is 3.19. The van der Waals surface area contributed by atoms with E-state index in [0.29, 0.717) is 6.54 Å². The third kappa shape index (κ3) is 6.96. The molecule has 0 fully saturated rings. The molecule has 0 aromatic heterocycles. The summed E-state index contributed by atoms with van der Waals surface area (Å²) in [7, 11) is -1.02. The van der Waals surface area contributed by atoms with Gasteiger partial charge in [0, 0.05) is 21.5 Å². The Labute approximate surface area is 134 Å². The molecule has 0 saturated carbocycles. The Balaban J connectivity index is 2.57. The lowest BCUT2D eigenvalue weighted by atomic mass is 10.2. The Morgan fingerprint density at radius 2 is 1.86 bits per heavy atom. The lowest BCUT2D eigenvalue weighted by Crippen LogP contribution is -2.31. The SMILES string of the molecule is CC(=O)N(CC/C=C\C[Si](C)(C)C)C(Cl)c1ccccc1. The number of allylic oxidation sites excluding steroid dienone is 1. The van der Waals surface area contributed by atoms with Crippen LogP contribution in [0.4, 0.5) is 0 Å². The van der Waals surface area contributed by atoms with Crippen LogP contribution < -0.4 is 0 Å². The number of hydrogen-bond acceptors (Lipinski definition) is 1. The number of amides is 1. The second-order valence-corrected chi connectivity index (χ2v) is 12.4. The second-order valence-electron chi connectivity index (χ2n) is 6.48. The summed E-state index contributed by atoms with van der Waals surface area (Å²) in [5.41, 5.74) is 0.564. The first-order valence-electron chi connectivity index (χ1n) is 7.42. The van der Waals surface area contributed by atoms with Crippen LogP contribution >= 0.6 is 11.6 Å². The number of carbonyl (C=O) groups is 1. The fraction of sp³-hybridized carbons (Fsp3) is 0.471. The van der Waals surface area contributed by atoms with Gasteiger partial charge in [0.1, 0.15) is 5.50 Å². The second kappa shape index (κ2) is 8.40. The molecule has 1 unspecified atom stereocenters. The fourth-order valence-corrected chi connectivity index (χ4v) is 3.24. The summed E-state index contributed by atoms with van der Waals surface area (Å²) in [5, 5.41) is 0. The van der Waals surface area contributed by atoms with Gasteiger partial charge >= 0.3 is 0 Å². The first-order chi connectivity index (χ1) is 9.81. The van der Waals surface area contributed by atoms with Gasteiger partial charge in [-0.25, -0.2) is 0 Å². The van der Waals surface area contributed by atoms with E-state index in [1.54, 1.807) is 11.8 Å². The van der Waals surface area contributed by atoms with Crippen molar-refractivity contribution in [2.75, 3.05) is 6.54 Å². The molecule has 0 aliphatic heterocycles. The molecule has 21 heavy (non-hydrogen) atoms. The molecular weight excluding hydrogens is 298 g/mol. The van der Waals surface area contributed by atoms with E-state index >= 15 is 0 Å². The lowest BCUT2D eigenvalue weighted by Gasteiger charge is -2.26. The maximum absolute atomic E-state index is 11.8. The Morgan fingerprint density at radius 1 is 1.24 bits per heavy atom. The van der Waals surface area contributed by atoms with Crippen LogP contribution in [-0.2, 0) is 4.79 Å². The topological polar surface area (TPSA) is 20.3 Å². The van der Waals surface area contributed by atoms with Crippen LogP contribution in [0.3, 0.4) is 0 Å². The molecule has 0 N–H and O–H groups in total. The molecule has 0 radical (unpaired) electrons. The largest absolute Gasteiger partial charge is 0.322 e. The van der Waals surface area contributed by atoms with Crippen molar-refractivity contribution < 1.29 is 4.79 Å². The summed E-state index contributed by atoms with van der Waals surface area (Å²) >= 11 is 6.44. The van der Waals surface area contributed by atoms with E-state index in [1.165, 1.54) is 6.04 Å². The Hall–Kier alpha value is -1.06. The Morgan fingerprint density at radius 3 is 2.38 bits per heavy atom. The zero-order chi connectivity index (χ0) is 15.9. The van der Waals surface area contributed by atoms with Crippen LogP contribution in [0.5, 0.6) is 0 Å².